The maximum absolute atomic E-state index is 9.70. The van der Waals surface area contributed by atoms with Crippen LogP contribution in [0.3, 0.4) is 0 Å². The largest absolute Gasteiger partial charge is 0.389 e. The van der Waals surface area contributed by atoms with E-state index in [1.807, 2.05) is 21.7 Å². The Morgan fingerprint density at radius 2 is 2.10 bits per heavy atom. The van der Waals surface area contributed by atoms with Gasteiger partial charge in [0.25, 0.3) is 0 Å². The van der Waals surface area contributed by atoms with Crippen LogP contribution in [0.4, 0.5) is 11.6 Å². The molecule has 2 aromatic heterocycles. The molecule has 3 heterocycles. The number of nitrogens with zero attached hydrogens (tertiary/aromatic N) is 4. The zero-order valence-electron chi connectivity index (χ0n) is 11.4. The third-order valence-corrected chi connectivity index (χ3v) is 3.47. The molecule has 0 aromatic carbocycles. The molecule has 108 valence electrons. The lowest BCUT2D eigenvalue weighted by molar-refractivity contribution is 0.0572. The van der Waals surface area contributed by atoms with Crippen molar-refractivity contribution < 1.29 is 10.2 Å². The summed E-state index contributed by atoms with van der Waals surface area (Å²) in [7, 11) is 0. The Morgan fingerprint density at radius 1 is 1.35 bits per heavy atom. The van der Waals surface area contributed by atoms with E-state index < -0.39 is 12.2 Å². The van der Waals surface area contributed by atoms with E-state index in [-0.39, 0.29) is 0 Å². The minimum Gasteiger partial charge on any atom is -0.389 e. The van der Waals surface area contributed by atoms with Crippen molar-refractivity contribution in [2.24, 2.45) is 0 Å². The number of anilines is 2. The Kier molecular flexibility index (Phi) is 3.45. The first kappa shape index (κ1) is 13.1. The smallest absolute Gasteiger partial charge is 0.180 e. The van der Waals surface area contributed by atoms with E-state index in [4.69, 9.17) is 0 Å². The van der Waals surface area contributed by atoms with Gasteiger partial charge in [0.15, 0.2) is 11.5 Å². The van der Waals surface area contributed by atoms with Gasteiger partial charge in [-0.25, -0.2) is 9.97 Å². The number of hydrogen-bond donors (Lipinski definition) is 3. The lowest BCUT2D eigenvalue weighted by Gasteiger charge is -2.18. The molecular weight excluding hydrogens is 258 g/mol. The van der Waals surface area contributed by atoms with E-state index in [1.54, 1.807) is 6.20 Å². The van der Waals surface area contributed by atoms with Crippen LogP contribution >= 0.6 is 0 Å². The summed E-state index contributed by atoms with van der Waals surface area (Å²) in [6.45, 7) is 3.68. The summed E-state index contributed by atoms with van der Waals surface area (Å²) in [6, 6.07) is 0. The fraction of sp³-hybridized carbons (Fsp3) is 0.538. The van der Waals surface area contributed by atoms with Crippen molar-refractivity contribution >= 4 is 17.3 Å². The molecule has 0 saturated carbocycles. The van der Waals surface area contributed by atoms with E-state index in [2.05, 4.69) is 22.2 Å². The van der Waals surface area contributed by atoms with Gasteiger partial charge in [-0.05, 0) is 6.42 Å². The summed E-state index contributed by atoms with van der Waals surface area (Å²) < 4.78 is 1.90. The Morgan fingerprint density at radius 3 is 2.80 bits per heavy atom. The average Bonchev–Trinajstić information content (AvgIpc) is 3.03. The zero-order valence-corrected chi connectivity index (χ0v) is 11.4. The molecule has 1 fully saturated rings. The quantitative estimate of drug-likeness (QED) is 0.734. The third kappa shape index (κ3) is 2.30. The normalized spacial score (nSPS) is 22.6. The number of β-amino-alcohol motifs (C(OH)–C–C–N with tert-alkyl or cyclic N) is 2. The maximum atomic E-state index is 9.70. The lowest BCUT2D eigenvalue weighted by Crippen LogP contribution is -2.23. The van der Waals surface area contributed by atoms with Gasteiger partial charge in [-0.2, -0.15) is 0 Å². The SMILES string of the molecule is CCCNc1cn2ccnc2c(N2CC(O)C(O)C2)n1. The van der Waals surface area contributed by atoms with Gasteiger partial charge in [-0.15, -0.1) is 0 Å². The minimum absolute atomic E-state index is 0.369. The maximum Gasteiger partial charge on any atom is 0.180 e. The van der Waals surface area contributed by atoms with Gasteiger partial charge in [0.05, 0.1) is 18.4 Å². The van der Waals surface area contributed by atoms with E-state index in [9.17, 15) is 10.2 Å². The molecule has 1 aliphatic heterocycles. The summed E-state index contributed by atoms with van der Waals surface area (Å²) in [5.41, 5.74) is 0.730. The van der Waals surface area contributed by atoms with Crippen molar-refractivity contribution in [3.05, 3.63) is 18.6 Å². The van der Waals surface area contributed by atoms with Crippen molar-refractivity contribution in [1.29, 1.82) is 0 Å². The van der Waals surface area contributed by atoms with Gasteiger partial charge < -0.3 is 24.8 Å². The molecule has 3 N–H and O–H groups in total. The molecule has 0 radical (unpaired) electrons. The van der Waals surface area contributed by atoms with Crippen LogP contribution in [0.1, 0.15) is 13.3 Å². The second-order valence-electron chi connectivity index (χ2n) is 5.07. The second kappa shape index (κ2) is 5.26. The number of nitrogens with one attached hydrogen (secondary N) is 1. The standard InChI is InChI=1S/C13H19N5O2/c1-2-3-14-11-8-17-5-4-15-12(17)13(16-11)18-6-9(19)10(20)7-18/h4-5,8-10,14,19-20H,2-3,6-7H2,1H3. The summed E-state index contributed by atoms with van der Waals surface area (Å²) >= 11 is 0. The number of aliphatic hydroxyl groups excluding tert-OH is 2. The lowest BCUT2D eigenvalue weighted by atomic mass is 10.3. The monoisotopic (exact) mass is 277 g/mol. The molecule has 0 bridgehead atoms. The molecule has 20 heavy (non-hydrogen) atoms. The summed E-state index contributed by atoms with van der Waals surface area (Å²) in [5.74, 6) is 1.45. The Hall–Kier alpha value is -1.86. The van der Waals surface area contributed by atoms with Crippen molar-refractivity contribution in [2.45, 2.75) is 25.6 Å². The van der Waals surface area contributed by atoms with Crippen molar-refractivity contribution in [1.82, 2.24) is 14.4 Å². The number of hydrogen-bond acceptors (Lipinski definition) is 6. The van der Waals surface area contributed by atoms with Gasteiger partial charge >= 0.3 is 0 Å². The van der Waals surface area contributed by atoms with Crippen molar-refractivity contribution in [3.8, 4) is 0 Å². The van der Waals surface area contributed by atoms with Crippen molar-refractivity contribution in [3.63, 3.8) is 0 Å². The minimum atomic E-state index is -0.737. The van der Waals surface area contributed by atoms with E-state index >= 15 is 0 Å². The Bertz CT molecular complexity index is 589. The molecule has 0 amide bonds. The topological polar surface area (TPSA) is 85.9 Å². The third-order valence-electron chi connectivity index (χ3n) is 3.47. The average molecular weight is 277 g/mol. The molecule has 3 rings (SSSR count). The number of fused-ring (bicyclic) bond motifs is 1. The van der Waals surface area contributed by atoms with Crippen LogP contribution in [0, 0.1) is 0 Å². The Balaban J connectivity index is 1.97. The molecular formula is C13H19N5O2. The Labute approximate surface area is 116 Å². The van der Waals surface area contributed by atoms with Gasteiger partial charge in [0.1, 0.15) is 5.82 Å². The highest BCUT2D eigenvalue weighted by atomic mass is 16.3. The molecule has 7 nitrogen and oxygen atoms in total. The molecule has 1 saturated heterocycles. The van der Waals surface area contributed by atoms with Crippen LogP contribution in [0.2, 0.25) is 0 Å². The van der Waals surface area contributed by atoms with E-state index in [1.165, 1.54) is 0 Å². The summed E-state index contributed by atoms with van der Waals surface area (Å²) in [6.07, 6.45) is 5.01. The molecule has 0 aliphatic carbocycles. The number of imidazole rings is 1. The van der Waals surface area contributed by atoms with Crippen LogP contribution in [0.15, 0.2) is 18.6 Å². The summed E-state index contributed by atoms with van der Waals surface area (Å²) in [5, 5.41) is 22.7. The van der Waals surface area contributed by atoms with Crippen LogP contribution in [0.25, 0.3) is 5.65 Å². The van der Waals surface area contributed by atoms with Gasteiger partial charge in [0, 0.05) is 32.0 Å². The van der Waals surface area contributed by atoms with Crippen LogP contribution in [-0.4, -0.2) is 56.4 Å². The molecule has 7 heteroatoms. The summed E-state index contributed by atoms with van der Waals surface area (Å²) in [4.78, 5) is 10.7. The fourth-order valence-corrected chi connectivity index (χ4v) is 2.41. The number of aromatic nitrogens is 3. The molecule has 2 aromatic rings. The zero-order chi connectivity index (χ0) is 14.1. The highest BCUT2D eigenvalue weighted by Crippen LogP contribution is 2.24. The molecule has 2 atom stereocenters. The predicted molar refractivity (Wildman–Crippen MR) is 76.0 cm³/mol. The number of rotatable bonds is 4. The number of aliphatic hydroxyl groups is 2. The first-order valence-electron chi connectivity index (χ1n) is 6.87. The van der Waals surface area contributed by atoms with Crippen molar-refractivity contribution in [2.75, 3.05) is 29.9 Å². The van der Waals surface area contributed by atoms with Gasteiger partial charge in [0.2, 0.25) is 0 Å². The van der Waals surface area contributed by atoms with Gasteiger partial charge in [-0.1, -0.05) is 6.92 Å². The first-order valence-corrected chi connectivity index (χ1v) is 6.87. The predicted octanol–water partition coefficient (Wildman–Crippen LogP) is 0.0930. The fourth-order valence-electron chi connectivity index (χ4n) is 2.41. The molecule has 0 spiro atoms. The first-order chi connectivity index (χ1) is 9.69. The van der Waals surface area contributed by atoms with E-state index in [0.717, 1.165) is 24.4 Å². The highest BCUT2D eigenvalue weighted by molar-refractivity contribution is 5.67. The van der Waals surface area contributed by atoms with E-state index in [0.29, 0.717) is 18.9 Å². The molecule has 2 unspecified atom stereocenters. The highest BCUT2D eigenvalue weighted by Gasteiger charge is 2.31. The van der Waals surface area contributed by atoms with Crippen LogP contribution in [0.5, 0.6) is 0 Å². The van der Waals surface area contributed by atoms with Crippen LogP contribution in [-0.2, 0) is 0 Å². The molecule has 1 aliphatic rings. The second-order valence-corrected chi connectivity index (χ2v) is 5.07. The van der Waals surface area contributed by atoms with Crippen LogP contribution < -0.4 is 10.2 Å². The van der Waals surface area contributed by atoms with Gasteiger partial charge in [-0.3, -0.25) is 0 Å².